The van der Waals surface area contributed by atoms with Crippen LogP contribution in [0.3, 0.4) is 0 Å². The van der Waals surface area contributed by atoms with E-state index in [1.165, 1.54) is 11.8 Å². The Morgan fingerprint density at radius 1 is 1.39 bits per heavy atom. The van der Waals surface area contributed by atoms with Crippen LogP contribution in [0.25, 0.3) is 10.7 Å². The second-order valence-electron chi connectivity index (χ2n) is 6.11. The minimum atomic E-state index is -0.137. The minimum absolute atomic E-state index is 0.137. The summed E-state index contributed by atoms with van der Waals surface area (Å²) in [7, 11) is 1.96. The molecule has 0 aliphatic carbocycles. The Morgan fingerprint density at radius 3 is 2.78 bits per heavy atom. The van der Waals surface area contributed by atoms with Gasteiger partial charge in [-0.1, -0.05) is 24.8 Å². The molecule has 0 bridgehead atoms. The van der Waals surface area contributed by atoms with Crippen molar-refractivity contribution in [1.82, 2.24) is 19.7 Å². The number of thiophene rings is 1. The monoisotopic (exact) mass is 350 g/mol. The number of aromatic nitrogens is 3. The van der Waals surface area contributed by atoms with Crippen molar-refractivity contribution in [3.8, 4) is 10.7 Å². The molecule has 0 radical (unpaired) electrons. The van der Waals surface area contributed by atoms with Crippen LogP contribution < -0.4 is 0 Å². The molecule has 7 heteroatoms. The van der Waals surface area contributed by atoms with E-state index in [-0.39, 0.29) is 11.2 Å². The average molecular weight is 351 g/mol. The van der Waals surface area contributed by atoms with E-state index >= 15 is 0 Å². The second kappa shape index (κ2) is 7.05. The summed E-state index contributed by atoms with van der Waals surface area (Å²) in [5.74, 6) is 1.80. The molecule has 1 fully saturated rings. The van der Waals surface area contributed by atoms with Crippen molar-refractivity contribution in [2.24, 2.45) is 13.0 Å². The van der Waals surface area contributed by atoms with Gasteiger partial charge in [0.1, 0.15) is 0 Å². The molecule has 124 valence electrons. The highest BCUT2D eigenvalue weighted by Crippen LogP contribution is 2.29. The van der Waals surface area contributed by atoms with E-state index in [2.05, 4.69) is 17.1 Å². The Labute approximate surface area is 145 Å². The summed E-state index contributed by atoms with van der Waals surface area (Å²) in [5.41, 5.74) is 0. The summed E-state index contributed by atoms with van der Waals surface area (Å²) in [6.45, 7) is 5.98. The largest absolute Gasteiger partial charge is 0.342 e. The van der Waals surface area contributed by atoms with Gasteiger partial charge in [0.15, 0.2) is 11.0 Å². The molecule has 23 heavy (non-hydrogen) atoms. The van der Waals surface area contributed by atoms with E-state index in [4.69, 9.17) is 0 Å². The number of hydrogen-bond donors (Lipinski definition) is 0. The predicted molar refractivity (Wildman–Crippen MR) is 94.6 cm³/mol. The summed E-state index contributed by atoms with van der Waals surface area (Å²) in [6, 6.07) is 4.04. The predicted octanol–water partition coefficient (Wildman–Crippen LogP) is 3.28. The number of piperidine rings is 1. The Kier molecular flexibility index (Phi) is 5.06. The van der Waals surface area contributed by atoms with Crippen LogP contribution >= 0.6 is 23.1 Å². The average Bonchev–Trinajstić information content (AvgIpc) is 3.18. The van der Waals surface area contributed by atoms with Crippen molar-refractivity contribution in [3.63, 3.8) is 0 Å². The fourth-order valence-corrected chi connectivity index (χ4v) is 4.38. The van der Waals surface area contributed by atoms with Gasteiger partial charge in [-0.3, -0.25) is 4.79 Å². The summed E-state index contributed by atoms with van der Waals surface area (Å²) in [4.78, 5) is 15.7. The first kappa shape index (κ1) is 16.5. The molecular weight excluding hydrogens is 328 g/mol. The fourth-order valence-electron chi connectivity index (χ4n) is 2.73. The quantitative estimate of drug-likeness (QED) is 0.794. The van der Waals surface area contributed by atoms with Crippen molar-refractivity contribution in [3.05, 3.63) is 17.5 Å². The van der Waals surface area contributed by atoms with Crippen LogP contribution in [0, 0.1) is 5.92 Å². The number of likely N-dealkylation sites (tertiary alicyclic amines) is 1. The summed E-state index contributed by atoms with van der Waals surface area (Å²) in [5, 5.41) is 11.2. The number of carbonyl (C=O) groups excluding carboxylic acids is 1. The van der Waals surface area contributed by atoms with Crippen molar-refractivity contribution in [2.45, 2.75) is 37.1 Å². The van der Waals surface area contributed by atoms with Crippen molar-refractivity contribution in [1.29, 1.82) is 0 Å². The van der Waals surface area contributed by atoms with Crippen molar-refractivity contribution < 1.29 is 4.79 Å². The van der Waals surface area contributed by atoms with E-state index in [0.717, 1.165) is 47.7 Å². The van der Waals surface area contributed by atoms with Crippen LogP contribution in [0.15, 0.2) is 22.7 Å². The van der Waals surface area contributed by atoms with Gasteiger partial charge in [0, 0.05) is 20.1 Å². The SMILES string of the molecule is CC1CCN(C(=O)C(C)Sc2nnc(-c3cccs3)n2C)CC1. The van der Waals surface area contributed by atoms with Gasteiger partial charge in [-0.15, -0.1) is 21.5 Å². The Morgan fingerprint density at radius 2 is 2.13 bits per heavy atom. The summed E-state index contributed by atoms with van der Waals surface area (Å²) < 4.78 is 1.97. The van der Waals surface area contributed by atoms with Crippen LogP contribution in [0.4, 0.5) is 0 Å². The van der Waals surface area contributed by atoms with E-state index in [1.807, 2.05) is 41.0 Å². The zero-order valence-corrected chi connectivity index (χ0v) is 15.4. The van der Waals surface area contributed by atoms with Crippen LogP contribution in [0.5, 0.6) is 0 Å². The Hall–Kier alpha value is -1.34. The summed E-state index contributed by atoms with van der Waals surface area (Å²) in [6.07, 6.45) is 2.21. The highest BCUT2D eigenvalue weighted by molar-refractivity contribution is 8.00. The molecule has 1 saturated heterocycles. The van der Waals surface area contributed by atoms with Gasteiger partial charge in [0.05, 0.1) is 10.1 Å². The van der Waals surface area contributed by atoms with Gasteiger partial charge in [-0.2, -0.15) is 0 Å². The minimum Gasteiger partial charge on any atom is -0.342 e. The lowest BCUT2D eigenvalue weighted by Gasteiger charge is -2.31. The first-order valence-corrected chi connectivity index (χ1v) is 9.71. The van der Waals surface area contributed by atoms with Crippen LogP contribution in [0.2, 0.25) is 0 Å². The molecule has 2 aromatic rings. The van der Waals surface area contributed by atoms with Gasteiger partial charge in [0.25, 0.3) is 0 Å². The van der Waals surface area contributed by atoms with E-state index in [0.29, 0.717) is 0 Å². The van der Waals surface area contributed by atoms with Crippen LogP contribution in [0.1, 0.15) is 26.7 Å². The van der Waals surface area contributed by atoms with Crippen molar-refractivity contribution >= 4 is 29.0 Å². The van der Waals surface area contributed by atoms with Crippen LogP contribution in [-0.2, 0) is 11.8 Å². The molecule has 2 aromatic heterocycles. The lowest BCUT2D eigenvalue weighted by molar-refractivity contribution is -0.131. The van der Waals surface area contributed by atoms with Gasteiger partial charge in [0.2, 0.25) is 5.91 Å². The van der Waals surface area contributed by atoms with Gasteiger partial charge in [-0.05, 0) is 37.1 Å². The van der Waals surface area contributed by atoms with Gasteiger partial charge >= 0.3 is 0 Å². The molecule has 1 amide bonds. The topological polar surface area (TPSA) is 51.0 Å². The fraction of sp³-hybridized carbons (Fsp3) is 0.562. The molecule has 0 spiro atoms. The van der Waals surface area contributed by atoms with E-state index < -0.39 is 0 Å². The normalized spacial score (nSPS) is 17.4. The number of hydrogen-bond acceptors (Lipinski definition) is 5. The highest BCUT2D eigenvalue weighted by Gasteiger charge is 2.26. The second-order valence-corrected chi connectivity index (χ2v) is 8.37. The third-order valence-electron chi connectivity index (χ3n) is 4.30. The van der Waals surface area contributed by atoms with Crippen LogP contribution in [-0.4, -0.2) is 43.9 Å². The number of amides is 1. The molecule has 1 unspecified atom stereocenters. The molecule has 0 N–H and O–H groups in total. The standard InChI is InChI=1S/C16H22N4OS2/c1-11-6-8-20(9-7-11)15(21)12(2)23-16-18-17-14(19(16)3)13-5-4-10-22-13/h4-5,10-12H,6-9H2,1-3H3. The van der Waals surface area contributed by atoms with E-state index in [1.54, 1.807) is 11.3 Å². The number of thioether (sulfide) groups is 1. The lowest BCUT2D eigenvalue weighted by Crippen LogP contribution is -2.41. The lowest BCUT2D eigenvalue weighted by atomic mass is 9.99. The summed E-state index contributed by atoms with van der Waals surface area (Å²) >= 11 is 3.14. The molecular formula is C16H22N4OS2. The highest BCUT2D eigenvalue weighted by atomic mass is 32.2. The zero-order chi connectivity index (χ0) is 16.4. The molecule has 3 rings (SSSR count). The molecule has 1 aliphatic rings. The molecule has 3 heterocycles. The third-order valence-corrected chi connectivity index (χ3v) is 6.29. The third kappa shape index (κ3) is 3.61. The van der Waals surface area contributed by atoms with Gasteiger partial charge in [-0.25, -0.2) is 0 Å². The molecule has 0 saturated carbocycles. The molecule has 5 nitrogen and oxygen atoms in total. The Balaban J connectivity index is 1.66. The van der Waals surface area contributed by atoms with Crippen molar-refractivity contribution in [2.75, 3.05) is 13.1 Å². The number of nitrogens with zero attached hydrogens (tertiary/aromatic N) is 4. The maximum absolute atomic E-state index is 12.6. The maximum Gasteiger partial charge on any atom is 0.235 e. The molecule has 1 atom stereocenters. The number of carbonyl (C=O) groups is 1. The van der Waals surface area contributed by atoms with E-state index in [9.17, 15) is 4.79 Å². The molecule has 0 aromatic carbocycles. The first-order chi connectivity index (χ1) is 11.1. The maximum atomic E-state index is 12.6. The Bertz CT molecular complexity index is 660. The number of rotatable bonds is 4. The zero-order valence-electron chi connectivity index (χ0n) is 13.7. The van der Waals surface area contributed by atoms with Gasteiger partial charge < -0.3 is 9.47 Å². The smallest absolute Gasteiger partial charge is 0.235 e. The molecule has 1 aliphatic heterocycles. The first-order valence-electron chi connectivity index (χ1n) is 7.95.